The summed E-state index contributed by atoms with van der Waals surface area (Å²) in [5.41, 5.74) is 5.34. The van der Waals surface area contributed by atoms with Crippen LogP contribution in [0.4, 0.5) is 0 Å². The van der Waals surface area contributed by atoms with E-state index in [9.17, 15) is 9.59 Å². The number of nitrogens with zero attached hydrogens (tertiary/aromatic N) is 1. The number of primary amides is 1. The van der Waals surface area contributed by atoms with Crippen molar-refractivity contribution in [1.29, 1.82) is 0 Å². The molecule has 104 valence electrons. The van der Waals surface area contributed by atoms with Crippen LogP contribution in [0.25, 0.3) is 0 Å². The number of hydrogen-bond donors (Lipinski definition) is 2. The smallest absolute Gasteiger partial charge is 0.240 e. The van der Waals surface area contributed by atoms with Gasteiger partial charge in [0.2, 0.25) is 11.8 Å². The molecule has 1 unspecified atom stereocenters. The van der Waals surface area contributed by atoms with Crippen LogP contribution in [0.2, 0.25) is 0 Å². The molecule has 0 bridgehead atoms. The van der Waals surface area contributed by atoms with E-state index in [1.807, 2.05) is 0 Å². The lowest BCUT2D eigenvalue weighted by atomic mass is 10.0. The summed E-state index contributed by atoms with van der Waals surface area (Å²) in [6, 6.07) is 0.0535. The Balaban J connectivity index is 2.36. The minimum absolute atomic E-state index is 0.0593. The molecule has 0 aliphatic carbocycles. The zero-order chi connectivity index (χ0) is 13.5. The minimum Gasteiger partial charge on any atom is -0.368 e. The monoisotopic (exact) mass is 255 g/mol. The van der Waals surface area contributed by atoms with E-state index in [-0.39, 0.29) is 17.9 Å². The summed E-state index contributed by atoms with van der Waals surface area (Å²) in [4.78, 5) is 25.0. The first-order chi connectivity index (χ1) is 8.52. The van der Waals surface area contributed by atoms with Gasteiger partial charge in [-0.1, -0.05) is 13.8 Å². The van der Waals surface area contributed by atoms with Crippen LogP contribution < -0.4 is 11.1 Å². The maximum absolute atomic E-state index is 12.0. The van der Waals surface area contributed by atoms with E-state index in [0.717, 1.165) is 25.8 Å². The fourth-order valence-electron chi connectivity index (χ4n) is 2.30. The van der Waals surface area contributed by atoms with E-state index in [1.165, 1.54) is 0 Å². The van der Waals surface area contributed by atoms with Gasteiger partial charge in [-0.15, -0.1) is 0 Å². The van der Waals surface area contributed by atoms with Crippen LogP contribution >= 0.6 is 0 Å². The summed E-state index contributed by atoms with van der Waals surface area (Å²) < 4.78 is 0. The van der Waals surface area contributed by atoms with E-state index >= 15 is 0 Å². The Hall–Kier alpha value is -1.10. The number of nitrogens with one attached hydrogen (secondary N) is 1. The van der Waals surface area contributed by atoms with Crippen molar-refractivity contribution >= 4 is 11.8 Å². The van der Waals surface area contributed by atoms with E-state index in [4.69, 9.17) is 5.73 Å². The van der Waals surface area contributed by atoms with E-state index < -0.39 is 0 Å². The van der Waals surface area contributed by atoms with Crippen molar-refractivity contribution in [1.82, 2.24) is 10.2 Å². The first kappa shape index (κ1) is 15.0. The molecular formula is C13H25N3O2. The van der Waals surface area contributed by atoms with Gasteiger partial charge in [0.05, 0.1) is 0 Å². The molecule has 0 radical (unpaired) electrons. The summed E-state index contributed by atoms with van der Waals surface area (Å²) in [5, 5.41) is 3.28. The van der Waals surface area contributed by atoms with Gasteiger partial charge >= 0.3 is 0 Å². The van der Waals surface area contributed by atoms with Crippen LogP contribution in [-0.4, -0.2) is 41.9 Å². The Morgan fingerprint density at radius 1 is 1.39 bits per heavy atom. The molecule has 18 heavy (non-hydrogen) atoms. The lowest BCUT2D eigenvalue weighted by Crippen LogP contribution is -2.50. The first-order valence-corrected chi connectivity index (χ1v) is 6.84. The zero-order valence-corrected chi connectivity index (χ0v) is 11.4. The number of rotatable bonds is 6. The lowest BCUT2D eigenvalue weighted by molar-refractivity contribution is -0.141. The topological polar surface area (TPSA) is 75.4 Å². The highest BCUT2D eigenvalue weighted by molar-refractivity contribution is 5.86. The van der Waals surface area contributed by atoms with Crippen LogP contribution in [0.5, 0.6) is 0 Å². The second-order valence-corrected chi connectivity index (χ2v) is 5.21. The molecule has 0 aromatic carbocycles. The van der Waals surface area contributed by atoms with Gasteiger partial charge in [0, 0.05) is 19.0 Å². The van der Waals surface area contributed by atoms with Crippen molar-refractivity contribution in [3.05, 3.63) is 0 Å². The van der Waals surface area contributed by atoms with E-state index in [2.05, 4.69) is 19.2 Å². The number of carbonyl (C=O) groups excluding carboxylic acids is 2. The van der Waals surface area contributed by atoms with Crippen LogP contribution in [0.3, 0.4) is 0 Å². The molecule has 0 spiro atoms. The average Bonchev–Trinajstić information content (AvgIpc) is 2.34. The summed E-state index contributed by atoms with van der Waals surface area (Å²) >= 11 is 0. The highest BCUT2D eigenvalue weighted by atomic mass is 16.2. The van der Waals surface area contributed by atoms with Crippen LogP contribution in [-0.2, 0) is 9.59 Å². The Bertz CT molecular complexity index is 292. The van der Waals surface area contributed by atoms with Gasteiger partial charge in [-0.3, -0.25) is 9.59 Å². The molecule has 1 aliphatic heterocycles. The summed E-state index contributed by atoms with van der Waals surface area (Å²) in [5.74, 6) is -0.313. The Kier molecular flexibility index (Phi) is 6.12. The number of carbonyl (C=O) groups is 2. The Morgan fingerprint density at radius 2 is 2.11 bits per heavy atom. The second kappa shape index (κ2) is 7.36. The molecule has 5 nitrogen and oxygen atoms in total. The van der Waals surface area contributed by atoms with Gasteiger partial charge in [0.25, 0.3) is 0 Å². The molecule has 1 rings (SSSR count). The second-order valence-electron chi connectivity index (χ2n) is 5.21. The largest absolute Gasteiger partial charge is 0.368 e. The lowest BCUT2D eigenvalue weighted by Gasteiger charge is -2.33. The van der Waals surface area contributed by atoms with Crippen molar-refractivity contribution in [2.75, 3.05) is 13.1 Å². The molecular weight excluding hydrogens is 230 g/mol. The van der Waals surface area contributed by atoms with Crippen molar-refractivity contribution < 1.29 is 9.59 Å². The maximum Gasteiger partial charge on any atom is 0.240 e. The van der Waals surface area contributed by atoms with Gasteiger partial charge in [0.1, 0.15) is 6.04 Å². The van der Waals surface area contributed by atoms with Crippen LogP contribution in [0, 0.1) is 0 Å². The van der Waals surface area contributed by atoms with Crippen LogP contribution in [0.15, 0.2) is 0 Å². The van der Waals surface area contributed by atoms with Crippen molar-refractivity contribution in [3.63, 3.8) is 0 Å². The van der Waals surface area contributed by atoms with E-state index in [0.29, 0.717) is 25.4 Å². The van der Waals surface area contributed by atoms with Gasteiger partial charge in [-0.2, -0.15) is 0 Å². The maximum atomic E-state index is 12.0. The fourth-order valence-corrected chi connectivity index (χ4v) is 2.30. The third-order valence-electron chi connectivity index (χ3n) is 3.27. The number of nitrogens with two attached hydrogens (primary N) is 1. The quantitative estimate of drug-likeness (QED) is 0.684. The summed E-state index contributed by atoms with van der Waals surface area (Å²) in [6.45, 7) is 5.66. The third kappa shape index (κ3) is 4.64. The normalized spacial score (nSPS) is 20.2. The highest BCUT2D eigenvalue weighted by Crippen LogP contribution is 2.18. The Morgan fingerprint density at radius 3 is 2.72 bits per heavy atom. The molecule has 5 heteroatoms. The third-order valence-corrected chi connectivity index (χ3v) is 3.27. The molecule has 0 aromatic rings. The van der Waals surface area contributed by atoms with Gasteiger partial charge < -0.3 is 16.0 Å². The molecule has 1 heterocycles. The van der Waals surface area contributed by atoms with Gasteiger partial charge in [-0.05, 0) is 32.2 Å². The molecule has 0 saturated carbocycles. The van der Waals surface area contributed by atoms with E-state index in [1.54, 1.807) is 4.90 Å². The van der Waals surface area contributed by atoms with Crippen molar-refractivity contribution in [3.8, 4) is 0 Å². The molecule has 2 amide bonds. The zero-order valence-electron chi connectivity index (χ0n) is 11.4. The summed E-state index contributed by atoms with van der Waals surface area (Å²) in [7, 11) is 0. The number of amides is 2. The molecule has 1 atom stereocenters. The fraction of sp³-hybridized carbons (Fsp3) is 0.846. The SMILES string of the molecule is CC(C)NCCCC(=O)N1CCCCC1C(N)=O. The predicted molar refractivity (Wildman–Crippen MR) is 70.9 cm³/mol. The Labute approximate surface area is 109 Å². The van der Waals surface area contributed by atoms with Gasteiger partial charge in [0.15, 0.2) is 0 Å². The van der Waals surface area contributed by atoms with Gasteiger partial charge in [-0.25, -0.2) is 0 Å². The number of hydrogen-bond acceptors (Lipinski definition) is 3. The molecule has 3 N–H and O–H groups in total. The number of likely N-dealkylation sites (tertiary alicyclic amines) is 1. The molecule has 0 aromatic heterocycles. The standard InChI is InChI=1S/C13H25N3O2/c1-10(2)15-8-5-7-12(17)16-9-4-3-6-11(16)13(14)18/h10-11,15H,3-9H2,1-2H3,(H2,14,18). The minimum atomic E-state index is -0.385. The molecule has 1 saturated heterocycles. The first-order valence-electron chi connectivity index (χ1n) is 6.84. The average molecular weight is 255 g/mol. The van der Waals surface area contributed by atoms with Crippen molar-refractivity contribution in [2.45, 2.75) is 58.0 Å². The predicted octanol–water partition coefficient (Wildman–Crippen LogP) is 0.631. The molecule has 1 aliphatic rings. The number of piperidine rings is 1. The molecule has 1 fully saturated rings. The van der Waals surface area contributed by atoms with Crippen LogP contribution in [0.1, 0.15) is 46.0 Å². The summed E-state index contributed by atoms with van der Waals surface area (Å²) in [6.07, 6.45) is 3.96. The highest BCUT2D eigenvalue weighted by Gasteiger charge is 2.29. The van der Waals surface area contributed by atoms with Crippen molar-refractivity contribution in [2.24, 2.45) is 5.73 Å².